The molecule has 2 aliphatic rings. The van der Waals surface area contributed by atoms with Gasteiger partial charge < -0.3 is 10.2 Å². The average molecular weight is 307 g/mol. The number of anilines is 1. The third-order valence-corrected chi connectivity index (χ3v) is 5.85. The van der Waals surface area contributed by atoms with Crippen molar-refractivity contribution in [2.75, 3.05) is 18.0 Å². The number of piperazine rings is 1. The Bertz CT molecular complexity index is 506. The normalized spacial score (nSPS) is 25.0. The van der Waals surface area contributed by atoms with Gasteiger partial charge in [-0.1, -0.05) is 44.4 Å². The summed E-state index contributed by atoms with van der Waals surface area (Å²) in [7, 11) is 0. The Morgan fingerprint density at radius 2 is 2.00 bits per heavy atom. The zero-order chi connectivity index (χ0) is 15.0. The fourth-order valence-corrected chi connectivity index (χ4v) is 4.25. The zero-order valence-corrected chi connectivity index (χ0v) is 14.2. The number of hydrogen-bond acceptors (Lipinski definition) is 2. The van der Waals surface area contributed by atoms with E-state index in [1.54, 1.807) is 0 Å². The second-order valence-electron chi connectivity index (χ2n) is 7.19. The van der Waals surface area contributed by atoms with E-state index in [1.807, 2.05) is 6.07 Å². The van der Waals surface area contributed by atoms with E-state index in [-0.39, 0.29) is 0 Å². The predicted octanol–water partition coefficient (Wildman–Crippen LogP) is 4.40. The van der Waals surface area contributed by atoms with Crippen LogP contribution in [0.3, 0.4) is 0 Å². The predicted molar refractivity (Wildman–Crippen MR) is 91.4 cm³/mol. The molecule has 1 N–H and O–H groups in total. The lowest BCUT2D eigenvalue weighted by atomic mass is 9.88. The quantitative estimate of drug-likeness (QED) is 0.871. The minimum atomic E-state index is 0.333. The van der Waals surface area contributed by atoms with Crippen molar-refractivity contribution in [2.24, 2.45) is 5.92 Å². The second-order valence-corrected chi connectivity index (χ2v) is 7.60. The minimum absolute atomic E-state index is 0.333. The van der Waals surface area contributed by atoms with Crippen LogP contribution in [0.5, 0.6) is 0 Å². The van der Waals surface area contributed by atoms with Crippen molar-refractivity contribution < 1.29 is 0 Å². The number of rotatable bonds is 2. The molecule has 1 aliphatic heterocycles. The van der Waals surface area contributed by atoms with Gasteiger partial charge in [0.25, 0.3) is 0 Å². The van der Waals surface area contributed by atoms with Gasteiger partial charge in [0.2, 0.25) is 0 Å². The summed E-state index contributed by atoms with van der Waals surface area (Å²) < 4.78 is 0. The molecule has 3 rings (SSSR count). The van der Waals surface area contributed by atoms with Crippen LogP contribution >= 0.6 is 11.6 Å². The molecule has 1 aliphatic carbocycles. The molecule has 1 atom stereocenters. The first kappa shape index (κ1) is 15.2. The van der Waals surface area contributed by atoms with Gasteiger partial charge in [-0.3, -0.25) is 0 Å². The first-order valence-corrected chi connectivity index (χ1v) is 8.67. The Kier molecular flexibility index (Phi) is 4.20. The molecule has 1 unspecified atom stereocenters. The van der Waals surface area contributed by atoms with Crippen molar-refractivity contribution >= 4 is 17.3 Å². The van der Waals surface area contributed by atoms with Crippen LogP contribution in [0.15, 0.2) is 18.2 Å². The lowest BCUT2D eigenvalue weighted by molar-refractivity contribution is 0.245. The Hall–Kier alpha value is -0.730. The molecular weight excluding hydrogens is 280 g/mol. The van der Waals surface area contributed by atoms with E-state index in [0.717, 1.165) is 18.1 Å². The smallest absolute Gasteiger partial charge is 0.0455 e. The third kappa shape index (κ3) is 2.80. The molecule has 21 heavy (non-hydrogen) atoms. The average Bonchev–Trinajstić information content (AvgIpc) is 2.89. The lowest BCUT2D eigenvalue weighted by Crippen LogP contribution is -2.64. The molecule has 1 heterocycles. The molecule has 1 saturated carbocycles. The van der Waals surface area contributed by atoms with Gasteiger partial charge >= 0.3 is 0 Å². The maximum atomic E-state index is 6.37. The van der Waals surface area contributed by atoms with Crippen molar-refractivity contribution in [3.63, 3.8) is 0 Å². The van der Waals surface area contributed by atoms with Gasteiger partial charge in [0.05, 0.1) is 0 Å². The molecule has 0 aromatic heterocycles. The summed E-state index contributed by atoms with van der Waals surface area (Å²) in [5.74, 6) is 0.634. The summed E-state index contributed by atoms with van der Waals surface area (Å²) in [5, 5.41) is 4.77. The molecule has 2 nitrogen and oxygen atoms in total. The molecule has 1 aromatic rings. The fourth-order valence-electron chi connectivity index (χ4n) is 4.08. The zero-order valence-electron chi connectivity index (χ0n) is 13.5. The van der Waals surface area contributed by atoms with Crippen molar-refractivity contribution in [3.05, 3.63) is 28.8 Å². The van der Waals surface area contributed by atoms with Crippen molar-refractivity contribution in [1.29, 1.82) is 0 Å². The van der Waals surface area contributed by atoms with Gasteiger partial charge in [-0.25, -0.2) is 0 Å². The van der Waals surface area contributed by atoms with E-state index in [0.29, 0.717) is 17.5 Å². The highest BCUT2D eigenvalue weighted by Gasteiger charge is 2.42. The third-order valence-electron chi connectivity index (χ3n) is 5.44. The molecule has 0 radical (unpaired) electrons. The Morgan fingerprint density at radius 3 is 2.67 bits per heavy atom. The van der Waals surface area contributed by atoms with Crippen LogP contribution in [0.1, 0.15) is 45.1 Å². The van der Waals surface area contributed by atoms with Gasteiger partial charge in [0.15, 0.2) is 0 Å². The fraction of sp³-hybridized carbons (Fsp3) is 0.667. The molecule has 2 fully saturated rings. The number of nitrogens with one attached hydrogen (secondary N) is 1. The van der Waals surface area contributed by atoms with Gasteiger partial charge in [-0.15, -0.1) is 0 Å². The highest BCUT2D eigenvalue weighted by atomic mass is 35.5. The largest absolute Gasteiger partial charge is 0.365 e. The molecule has 1 aromatic carbocycles. The number of benzene rings is 1. The summed E-state index contributed by atoms with van der Waals surface area (Å²) in [6.45, 7) is 9.01. The number of hydrogen-bond donors (Lipinski definition) is 1. The van der Waals surface area contributed by atoms with Gasteiger partial charge in [-0.2, -0.15) is 0 Å². The molecule has 3 heteroatoms. The van der Waals surface area contributed by atoms with Crippen LogP contribution in [0.4, 0.5) is 5.69 Å². The Labute approximate surface area is 133 Å². The monoisotopic (exact) mass is 306 g/mol. The maximum absolute atomic E-state index is 6.37. The molecule has 1 spiro atoms. The maximum Gasteiger partial charge on any atom is 0.0455 e. The van der Waals surface area contributed by atoms with E-state index < -0.39 is 0 Å². The van der Waals surface area contributed by atoms with Gasteiger partial charge in [-0.05, 0) is 43.4 Å². The second kappa shape index (κ2) is 5.81. The van der Waals surface area contributed by atoms with E-state index in [1.165, 1.54) is 36.9 Å². The van der Waals surface area contributed by atoms with Gasteiger partial charge in [0, 0.05) is 35.4 Å². The summed E-state index contributed by atoms with van der Waals surface area (Å²) in [5.41, 5.74) is 2.88. The minimum Gasteiger partial charge on any atom is -0.365 e. The van der Waals surface area contributed by atoms with Crippen LogP contribution in [-0.2, 0) is 0 Å². The topological polar surface area (TPSA) is 15.3 Å². The van der Waals surface area contributed by atoms with Crippen molar-refractivity contribution in [1.82, 2.24) is 5.32 Å². The van der Waals surface area contributed by atoms with Gasteiger partial charge in [0.1, 0.15) is 0 Å². The SMILES string of the molecule is Cc1c(Cl)cccc1N1CC2(CCCC2)NCC1C(C)C. The highest BCUT2D eigenvalue weighted by Crippen LogP contribution is 2.38. The Morgan fingerprint density at radius 1 is 1.29 bits per heavy atom. The Balaban J connectivity index is 1.95. The number of nitrogens with zero attached hydrogens (tertiary/aromatic N) is 1. The molecular formula is C18H27ClN2. The summed E-state index contributed by atoms with van der Waals surface area (Å²) in [6, 6.07) is 6.88. The lowest BCUT2D eigenvalue weighted by Gasteiger charge is -2.49. The van der Waals surface area contributed by atoms with Crippen LogP contribution in [-0.4, -0.2) is 24.7 Å². The summed E-state index contributed by atoms with van der Waals surface area (Å²) in [4.78, 5) is 2.63. The number of halogens is 1. The molecule has 1 saturated heterocycles. The van der Waals surface area contributed by atoms with E-state index in [9.17, 15) is 0 Å². The highest BCUT2D eigenvalue weighted by molar-refractivity contribution is 6.31. The standard InChI is InChI=1S/C18H27ClN2/c1-13(2)17-11-20-18(9-4-5-10-18)12-21(17)16-8-6-7-15(19)14(16)3/h6-8,13,17,20H,4-5,9-12H2,1-3H3. The molecule has 0 amide bonds. The van der Waals surface area contributed by atoms with E-state index in [4.69, 9.17) is 11.6 Å². The van der Waals surface area contributed by atoms with Crippen LogP contribution in [0, 0.1) is 12.8 Å². The first-order chi connectivity index (χ1) is 10.0. The van der Waals surface area contributed by atoms with Crippen LogP contribution in [0.2, 0.25) is 5.02 Å². The van der Waals surface area contributed by atoms with E-state index in [2.05, 4.69) is 43.1 Å². The van der Waals surface area contributed by atoms with Crippen LogP contribution in [0.25, 0.3) is 0 Å². The molecule has 116 valence electrons. The summed E-state index contributed by atoms with van der Waals surface area (Å²) >= 11 is 6.37. The molecule has 0 bridgehead atoms. The van der Waals surface area contributed by atoms with E-state index >= 15 is 0 Å². The van der Waals surface area contributed by atoms with Crippen molar-refractivity contribution in [2.45, 2.75) is 58.0 Å². The summed E-state index contributed by atoms with van der Waals surface area (Å²) in [6.07, 6.45) is 5.35. The van der Waals surface area contributed by atoms with Crippen LogP contribution < -0.4 is 10.2 Å². The first-order valence-electron chi connectivity index (χ1n) is 8.29. The van der Waals surface area contributed by atoms with Crippen molar-refractivity contribution in [3.8, 4) is 0 Å².